The average molecular weight is 438 g/mol. The van der Waals surface area contributed by atoms with Gasteiger partial charge in [0.05, 0.1) is 26.2 Å². The number of benzene rings is 2. The molecule has 4 rings (SSSR count). The first-order chi connectivity index (χ1) is 15.4. The van der Waals surface area contributed by atoms with Crippen molar-refractivity contribution in [2.45, 2.75) is 31.8 Å². The maximum Gasteiger partial charge on any atom is 0.253 e. The second-order valence-electron chi connectivity index (χ2n) is 8.12. The molecule has 1 saturated heterocycles. The molecule has 0 saturated carbocycles. The van der Waals surface area contributed by atoms with Gasteiger partial charge in [0.25, 0.3) is 5.91 Å². The molecule has 2 aromatic carbocycles. The van der Waals surface area contributed by atoms with E-state index in [1.807, 2.05) is 0 Å². The second-order valence-corrected chi connectivity index (χ2v) is 8.12. The summed E-state index contributed by atoms with van der Waals surface area (Å²) in [7, 11) is 3.05. The fourth-order valence-electron chi connectivity index (χ4n) is 4.37. The van der Waals surface area contributed by atoms with E-state index in [4.69, 9.17) is 14.2 Å². The Morgan fingerprint density at radius 1 is 1.09 bits per heavy atom. The van der Waals surface area contributed by atoms with E-state index in [2.05, 4.69) is 5.32 Å². The molecule has 8 nitrogen and oxygen atoms in total. The van der Waals surface area contributed by atoms with Crippen LogP contribution in [-0.4, -0.2) is 55.4 Å². The Morgan fingerprint density at radius 2 is 1.84 bits per heavy atom. The van der Waals surface area contributed by atoms with E-state index in [1.54, 1.807) is 41.3 Å². The van der Waals surface area contributed by atoms with Crippen molar-refractivity contribution >= 4 is 23.3 Å². The van der Waals surface area contributed by atoms with Gasteiger partial charge in [-0.1, -0.05) is 6.07 Å². The summed E-state index contributed by atoms with van der Waals surface area (Å²) in [5.41, 5.74) is 0.889. The van der Waals surface area contributed by atoms with Gasteiger partial charge in [-0.05, 0) is 30.3 Å². The summed E-state index contributed by atoms with van der Waals surface area (Å²) in [4.78, 5) is 39.0. The Kier molecular flexibility index (Phi) is 5.78. The summed E-state index contributed by atoms with van der Waals surface area (Å²) in [6.07, 6.45) is 1.31. The lowest BCUT2D eigenvalue weighted by atomic mass is 9.82. The van der Waals surface area contributed by atoms with E-state index in [0.29, 0.717) is 60.0 Å². The van der Waals surface area contributed by atoms with Gasteiger partial charge in [0.2, 0.25) is 11.7 Å². The maximum atomic E-state index is 13.0. The monoisotopic (exact) mass is 438 g/mol. The van der Waals surface area contributed by atoms with E-state index >= 15 is 0 Å². The number of fused-ring (bicyclic) bond motifs is 1. The number of hydrogen-bond donors (Lipinski definition) is 1. The molecule has 168 valence electrons. The Hall–Kier alpha value is -3.55. The molecule has 0 aromatic heterocycles. The third kappa shape index (κ3) is 4.00. The smallest absolute Gasteiger partial charge is 0.253 e. The van der Waals surface area contributed by atoms with E-state index in [1.165, 1.54) is 21.1 Å². The fraction of sp³-hybridized carbons (Fsp3) is 0.375. The Labute approximate surface area is 186 Å². The van der Waals surface area contributed by atoms with Crippen LogP contribution >= 0.6 is 0 Å². The minimum Gasteiger partial charge on any atom is -0.493 e. The van der Waals surface area contributed by atoms with Crippen LogP contribution in [0.2, 0.25) is 0 Å². The van der Waals surface area contributed by atoms with E-state index < -0.39 is 5.60 Å². The highest BCUT2D eigenvalue weighted by Gasteiger charge is 2.45. The van der Waals surface area contributed by atoms with E-state index in [0.717, 1.165) is 0 Å². The van der Waals surface area contributed by atoms with Gasteiger partial charge < -0.3 is 24.4 Å². The highest BCUT2D eigenvalue weighted by Crippen LogP contribution is 2.47. The Bertz CT molecular complexity index is 1070. The van der Waals surface area contributed by atoms with Crippen LogP contribution in [0.4, 0.5) is 5.69 Å². The van der Waals surface area contributed by atoms with Gasteiger partial charge >= 0.3 is 0 Å². The topological polar surface area (TPSA) is 94.2 Å². The number of likely N-dealkylation sites (tertiary alicyclic amines) is 1. The number of hydrogen-bond acceptors (Lipinski definition) is 6. The van der Waals surface area contributed by atoms with Crippen molar-refractivity contribution in [3.8, 4) is 17.2 Å². The summed E-state index contributed by atoms with van der Waals surface area (Å²) in [5, 5.41) is 2.69. The molecule has 32 heavy (non-hydrogen) atoms. The molecule has 2 aliphatic heterocycles. The van der Waals surface area contributed by atoms with Gasteiger partial charge in [-0.15, -0.1) is 0 Å². The summed E-state index contributed by atoms with van der Waals surface area (Å²) in [6, 6.07) is 10.3. The zero-order valence-electron chi connectivity index (χ0n) is 18.4. The van der Waals surface area contributed by atoms with Gasteiger partial charge in [-0.25, -0.2) is 0 Å². The number of rotatable bonds is 4. The van der Waals surface area contributed by atoms with Crippen LogP contribution in [-0.2, 0) is 4.79 Å². The first-order valence-electron chi connectivity index (χ1n) is 10.5. The summed E-state index contributed by atoms with van der Waals surface area (Å²) >= 11 is 0. The van der Waals surface area contributed by atoms with Gasteiger partial charge in [-0.3, -0.25) is 14.4 Å². The summed E-state index contributed by atoms with van der Waals surface area (Å²) in [6.45, 7) is 2.34. The molecule has 2 aliphatic rings. The van der Waals surface area contributed by atoms with Crippen molar-refractivity contribution in [1.29, 1.82) is 0 Å². The first-order valence-corrected chi connectivity index (χ1v) is 10.5. The molecule has 1 N–H and O–H groups in total. The largest absolute Gasteiger partial charge is 0.493 e. The predicted molar refractivity (Wildman–Crippen MR) is 118 cm³/mol. The van der Waals surface area contributed by atoms with Crippen molar-refractivity contribution in [3.63, 3.8) is 0 Å². The molecule has 0 unspecified atom stereocenters. The van der Waals surface area contributed by atoms with Crippen molar-refractivity contribution < 1.29 is 28.6 Å². The zero-order valence-corrected chi connectivity index (χ0v) is 18.4. The van der Waals surface area contributed by atoms with E-state index in [-0.39, 0.29) is 24.0 Å². The van der Waals surface area contributed by atoms with Crippen LogP contribution in [0.3, 0.4) is 0 Å². The third-order valence-corrected chi connectivity index (χ3v) is 5.99. The number of Topliss-reactive ketones (excluding diaryl/α,β-unsaturated/α-hetero) is 1. The van der Waals surface area contributed by atoms with Crippen LogP contribution < -0.4 is 19.5 Å². The van der Waals surface area contributed by atoms with Gasteiger partial charge in [-0.2, -0.15) is 0 Å². The normalized spacial score (nSPS) is 16.7. The van der Waals surface area contributed by atoms with Crippen LogP contribution in [0.1, 0.15) is 46.9 Å². The molecule has 0 atom stereocenters. The number of anilines is 1. The van der Waals surface area contributed by atoms with Crippen molar-refractivity contribution in [2.24, 2.45) is 0 Å². The number of nitrogens with one attached hydrogen (secondary N) is 1. The number of methoxy groups -OCH3 is 2. The van der Waals surface area contributed by atoms with Gasteiger partial charge in [0.15, 0.2) is 17.3 Å². The number of nitrogens with zero attached hydrogens (tertiary/aromatic N) is 1. The van der Waals surface area contributed by atoms with Crippen LogP contribution in [0.5, 0.6) is 17.2 Å². The Balaban J connectivity index is 1.51. The van der Waals surface area contributed by atoms with Crippen molar-refractivity contribution in [2.75, 3.05) is 32.6 Å². The quantitative estimate of drug-likeness (QED) is 0.787. The molecular weight excluding hydrogens is 412 g/mol. The fourth-order valence-corrected chi connectivity index (χ4v) is 4.37. The summed E-state index contributed by atoms with van der Waals surface area (Å²) in [5.74, 6) is 1.00. The Morgan fingerprint density at radius 3 is 2.50 bits per heavy atom. The average Bonchev–Trinajstić information content (AvgIpc) is 2.78. The SMILES string of the molecule is COc1ccc2c(c1OC)OC1(CCN(C(=O)c3cccc(NC(C)=O)c3)CC1)CC2=O. The zero-order chi connectivity index (χ0) is 22.9. The molecule has 0 bridgehead atoms. The molecule has 1 fully saturated rings. The third-order valence-electron chi connectivity index (χ3n) is 5.99. The molecule has 1 spiro atoms. The number of carbonyl (C=O) groups excluding carboxylic acids is 3. The first kappa shape index (κ1) is 21.7. The van der Waals surface area contributed by atoms with Crippen molar-refractivity contribution in [1.82, 2.24) is 4.90 Å². The van der Waals surface area contributed by atoms with Gasteiger partial charge in [0.1, 0.15) is 5.60 Å². The number of ketones is 1. The lowest BCUT2D eigenvalue weighted by Crippen LogP contribution is -2.52. The molecule has 2 aromatic rings. The standard InChI is InChI=1S/C24H26N2O6/c1-15(27)25-17-6-4-5-16(13-17)23(29)26-11-9-24(10-12-26)14-19(28)18-7-8-20(30-2)22(31-3)21(18)32-24/h4-8,13H,9-12,14H2,1-3H3,(H,25,27). The summed E-state index contributed by atoms with van der Waals surface area (Å²) < 4.78 is 17.2. The molecule has 0 aliphatic carbocycles. The second kappa shape index (κ2) is 8.53. The lowest BCUT2D eigenvalue weighted by Gasteiger charge is -2.44. The minimum absolute atomic E-state index is 0.00464. The molecular formula is C24H26N2O6. The lowest BCUT2D eigenvalue weighted by molar-refractivity contribution is -0.114. The van der Waals surface area contributed by atoms with Crippen molar-refractivity contribution in [3.05, 3.63) is 47.5 Å². The number of amides is 2. The van der Waals surface area contributed by atoms with Crippen LogP contribution in [0.25, 0.3) is 0 Å². The maximum absolute atomic E-state index is 13.0. The number of ether oxygens (including phenoxy) is 3. The molecule has 8 heteroatoms. The highest BCUT2D eigenvalue weighted by atomic mass is 16.5. The number of carbonyl (C=O) groups is 3. The predicted octanol–water partition coefficient (Wildman–Crippen LogP) is 3.30. The molecule has 2 amide bonds. The van der Waals surface area contributed by atoms with Gasteiger partial charge in [0, 0.05) is 44.1 Å². The molecule has 2 heterocycles. The van der Waals surface area contributed by atoms with E-state index in [9.17, 15) is 14.4 Å². The number of piperidine rings is 1. The highest BCUT2D eigenvalue weighted by molar-refractivity contribution is 6.02. The van der Waals surface area contributed by atoms with Crippen LogP contribution in [0.15, 0.2) is 36.4 Å². The van der Waals surface area contributed by atoms with Crippen LogP contribution in [0, 0.1) is 0 Å². The molecule has 0 radical (unpaired) electrons. The minimum atomic E-state index is -0.682.